The maximum Gasteiger partial charge on any atom is 0.129 e. The van der Waals surface area contributed by atoms with E-state index in [2.05, 4.69) is 22.9 Å². The highest BCUT2D eigenvalue weighted by Gasteiger charge is 2.30. The summed E-state index contributed by atoms with van der Waals surface area (Å²) in [5.41, 5.74) is 7.12. The summed E-state index contributed by atoms with van der Waals surface area (Å²) in [7, 11) is 0. The average molecular weight is 205 g/mol. The molecule has 0 spiro atoms. The molecule has 0 amide bonds. The normalized spacial score (nSPS) is 17.5. The maximum atomic E-state index is 5.86. The van der Waals surface area contributed by atoms with E-state index in [1.165, 1.54) is 18.4 Å². The van der Waals surface area contributed by atoms with Crippen LogP contribution in [-0.2, 0) is 0 Å². The number of hydrogen-bond acceptors (Lipinski definition) is 3. The number of pyridine rings is 1. The Morgan fingerprint density at radius 2 is 2.33 bits per heavy atom. The van der Waals surface area contributed by atoms with Gasteiger partial charge >= 0.3 is 0 Å². The Labute approximate surface area is 91.3 Å². The van der Waals surface area contributed by atoms with Crippen LogP contribution in [0.25, 0.3) is 0 Å². The number of anilines is 1. The number of nitrogens with zero attached hydrogens (tertiary/aromatic N) is 2. The maximum absolute atomic E-state index is 5.86. The molecule has 0 aromatic carbocycles. The van der Waals surface area contributed by atoms with Gasteiger partial charge in [0.2, 0.25) is 0 Å². The topological polar surface area (TPSA) is 42.2 Å². The van der Waals surface area contributed by atoms with Crippen molar-refractivity contribution in [3.63, 3.8) is 0 Å². The minimum atomic E-state index is 0.202. The Kier molecular flexibility index (Phi) is 2.91. The van der Waals surface area contributed by atoms with E-state index in [0.29, 0.717) is 6.04 Å². The Balaban J connectivity index is 2.16. The van der Waals surface area contributed by atoms with Gasteiger partial charge in [0.05, 0.1) is 0 Å². The average Bonchev–Trinajstić information content (AvgIpc) is 2.97. The van der Waals surface area contributed by atoms with E-state index in [1.807, 2.05) is 19.2 Å². The van der Waals surface area contributed by atoms with Gasteiger partial charge in [0.1, 0.15) is 5.82 Å². The number of rotatable bonds is 4. The van der Waals surface area contributed by atoms with Crippen LogP contribution in [0.1, 0.15) is 25.3 Å². The summed E-state index contributed by atoms with van der Waals surface area (Å²) < 4.78 is 0. The molecule has 1 saturated carbocycles. The van der Waals surface area contributed by atoms with Gasteiger partial charge in [0, 0.05) is 24.8 Å². The van der Waals surface area contributed by atoms with Gasteiger partial charge in [0.25, 0.3) is 0 Å². The number of nitrogens with two attached hydrogens (primary N) is 1. The van der Waals surface area contributed by atoms with Crippen molar-refractivity contribution in [3.8, 4) is 0 Å². The molecular weight excluding hydrogens is 186 g/mol. The van der Waals surface area contributed by atoms with Crippen molar-refractivity contribution in [2.24, 2.45) is 5.73 Å². The molecule has 1 aromatic heterocycles. The third-order valence-corrected chi connectivity index (χ3v) is 2.67. The van der Waals surface area contributed by atoms with Crippen LogP contribution in [-0.4, -0.2) is 23.6 Å². The molecule has 0 bridgehead atoms. The first-order chi connectivity index (χ1) is 7.16. The van der Waals surface area contributed by atoms with E-state index in [0.717, 1.165) is 12.4 Å². The van der Waals surface area contributed by atoms with Crippen LogP contribution >= 0.6 is 0 Å². The van der Waals surface area contributed by atoms with Crippen molar-refractivity contribution in [3.05, 3.63) is 23.9 Å². The fourth-order valence-electron chi connectivity index (χ4n) is 1.80. The minimum absolute atomic E-state index is 0.202. The van der Waals surface area contributed by atoms with Crippen molar-refractivity contribution in [1.29, 1.82) is 0 Å². The predicted molar refractivity (Wildman–Crippen MR) is 63.0 cm³/mol. The molecule has 1 fully saturated rings. The third-order valence-electron chi connectivity index (χ3n) is 2.67. The quantitative estimate of drug-likeness (QED) is 0.813. The van der Waals surface area contributed by atoms with Crippen molar-refractivity contribution in [2.75, 3.05) is 11.4 Å². The molecule has 1 atom stereocenters. The van der Waals surface area contributed by atoms with Crippen molar-refractivity contribution < 1.29 is 0 Å². The lowest BCUT2D eigenvalue weighted by Gasteiger charge is -2.25. The molecule has 1 heterocycles. The van der Waals surface area contributed by atoms with Crippen LogP contribution in [0.15, 0.2) is 18.3 Å². The fraction of sp³-hybridized carbons (Fsp3) is 0.583. The van der Waals surface area contributed by atoms with E-state index >= 15 is 0 Å². The van der Waals surface area contributed by atoms with E-state index in [9.17, 15) is 0 Å². The summed E-state index contributed by atoms with van der Waals surface area (Å²) in [6.07, 6.45) is 4.44. The number of aryl methyl sites for hydroxylation is 1. The number of hydrogen-bond donors (Lipinski definition) is 1. The highest BCUT2D eigenvalue weighted by molar-refractivity contribution is 5.43. The second-order valence-electron chi connectivity index (χ2n) is 4.55. The lowest BCUT2D eigenvalue weighted by molar-refractivity contribution is 0.666. The summed E-state index contributed by atoms with van der Waals surface area (Å²) in [5, 5.41) is 0. The van der Waals surface area contributed by atoms with Crippen LogP contribution < -0.4 is 10.6 Å². The summed E-state index contributed by atoms with van der Waals surface area (Å²) >= 11 is 0. The Bertz CT molecular complexity index is 331. The molecule has 1 unspecified atom stereocenters. The Morgan fingerprint density at radius 3 is 2.87 bits per heavy atom. The van der Waals surface area contributed by atoms with Crippen LogP contribution in [0, 0.1) is 6.92 Å². The third kappa shape index (κ3) is 2.69. The lowest BCUT2D eigenvalue weighted by Crippen LogP contribution is -2.37. The van der Waals surface area contributed by atoms with E-state index in [-0.39, 0.29) is 6.04 Å². The van der Waals surface area contributed by atoms with Crippen molar-refractivity contribution in [2.45, 2.75) is 38.8 Å². The van der Waals surface area contributed by atoms with Gasteiger partial charge in [-0.15, -0.1) is 0 Å². The minimum Gasteiger partial charge on any atom is -0.352 e. The van der Waals surface area contributed by atoms with Gasteiger partial charge in [-0.3, -0.25) is 0 Å². The van der Waals surface area contributed by atoms with E-state index in [4.69, 9.17) is 5.73 Å². The molecule has 3 heteroatoms. The smallest absolute Gasteiger partial charge is 0.129 e. The molecule has 1 aliphatic rings. The zero-order valence-electron chi connectivity index (χ0n) is 9.48. The zero-order valence-corrected chi connectivity index (χ0v) is 9.48. The van der Waals surface area contributed by atoms with Gasteiger partial charge in [-0.2, -0.15) is 0 Å². The van der Waals surface area contributed by atoms with Gasteiger partial charge < -0.3 is 10.6 Å². The monoisotopic (exact) mass is 205 g/mol. The molecule has 1 aromatic rings. The highest BCUT2D eigenvalue weighted by Crippen LogP contribution is 2.30. The summed E-state index contributed by atoms with van der Waals surface area (Å²) in [5.74, 6) is 1.08. The summed E-state index contributed by atoms with van der Waals surface area (Å²) in [4.78, 5) is 6.77. The molecule has 0 saturated heterocycles. The first-order valence-corrected chi connectivity index (χ1v) is 5.61. The SMILES string of the molecule is Cc1ccnc(N(CC(C)N)C2CC2)c1. The summed E-state index contributed by atoms with van der Waals surface area (Å²) in [6.45, 7) is 5.05. The molecule has 2 rings (SSSR count). The largest absolute Gasteiger partial charge is 0.352 e. The summed E-state index contributed by atoms with van der Waals surface area (Å²) in [6, 6.07) is 5.04. The predicted octanol–water partition coefficient (Wildman–Crippen LogP) is 1.71. The van der Waals surface area contributed by atoms with Gasteiger partial charge in [-0.05, 0) is 44.4 Å². The molecule has 0 radical (unpaired) electrons. The standard InChI is InChI=1S/C12H19N3/c1-9-5-6-14-12(7-9)15(8-10(2)13)11-3-4-11/h5-7,10-11H,3-4,8,13H2,1-2H3. The Morgan fingerprint density at radius 1 is 1.60 bits per heavy atom. The van der Waals surface area contributed by atoms with Crippen LogP contribution in [0.5, 0.6) is 0 Å². The second-order valence-corrected chi connectivity index (χ2v) is 4.55. The molecule has 3 nitrogen and oxygen atoms in total. The van der Waals surface area contributed by atoms with Gasteiger partial charge in [-0.1, -0.05) is 0 Å². The second kappa shape index (κ2) is 4.19. The van der Waals surface area contributed by atoms with Crippen LogP contribution in [0.2, 0.25) is 0 Å². The first-order valence-electron chi connectivity index (χ1n) is 5.61. The molecule has 82 valence electrons. The first kappa shape index (κ1) is 10.4. The molecule has 1 aliphatic carbocycles. The van der Waals surface area contributed by atoms with Crippen molar-refractivity contribution >= 4 is 5.82 Å². The van der Waals surface area contributed by atoms with Gasteiger partial charge in [-0.25, -0.2) is 4.98 Å². The fourth-order valence-corrected chi connectivity index (χ4v) is 1.80. The lowest BCUT2D eigenvalue weighted by atomic mass is 10.2. The molecule has 2 N–H and O–H groups in total. The van der Waals surface area contributed by atoms with Crippen LogP contribution in [0.3, 0.4) is 0 Å². The molecule has 15 heavy (non-hydrogen) atoms. The Hall–Kier alpha value is -1.09. The van der Waals surface area contributed by atoms with Crippen LogP contribution in [0.4, 0.5) is 5.82 Å². The molecular formula is C12H19N3. The molecule has 0 aliphatic heterocycles. The van der Waals surface area contributed by atoms with E-state index in [1.54, 1.807) is 0 Å². The highest BCUT2D eigenvalue weighted by atomic mass is 15.2. The zero-order chi connectivity index (χ0) is 10.8. The van der Waals surface area contributed by atoms with Crippen molar-refractivity contribution in [1.82, 2.24) is 4.98 Å². The van der Waals surface area contributed by atoms with E-state index < -0.39 is 0 Å². The number of aromatic nitrogens is 1. The van der Waals surface area contributed by atoms with Gasteiger partial charge in [0.15, 0.2) is 0 Å².